The fraction of sp³-hybridized carbons (Fsp3) is 0.143. The molecule has 6 nitrogen and oxygen atoms in total. The van der Waals surface area contributed by atoms with Crippen molar-refractivity contribution >= 4 is 20.1 Å². The Morgan fingerprint density at radius 2 is 1.17 bits per heavy atom. The van der Waals surface area contributed by atoms with Crippen LogP contribution in [0.2, 0.25) is 0 Å². The molecule has 0 heterocycles. The quantitative estimate of drug-likeness (QED) is 0.526. The second-order valence-corrected chi connectivity index (χ2v) is 9.68. The molecule has 0 amide bonds. The summed E-state index contributed by atoms with van der Waals surface area (Å²) in [6.45, 7) is -0.196. The maximum absolute atomic E-state index is 12.6. The van der Waals surface area contributed by atoms with Gasteiger partial charge >= 0.3 is 0 Å². The van der Waals surface area contributed by atoms with Crippen molar-refractivity contribution in [2.75, 3.05) is 6.54 Å². The Labute approximate surface area is 171 Å². The number of hydrogen-bond donors (Lipinski definition) is 1. The molecule has 3 aromatic rings. The van der Waals surface area contributed by atoms with E-state index in [1.54, 1.807) is 36.4 Å². The minimum Gasteiger partial charge on any atom is -0.261 e. The molecular formula is C21H21NO5S2. The van der Waals surface area contributed by atoms with Crippen LogP contribution in [0.15, 0.2) is 101 Å². The van der Waals surface area contributed by atoms with Gasteiger partial charge in [0, 0.05) is 13.0 Å². The molecule has 1 atom stereocenters. The summed E-state index contributed by atoms with van der Waals surface area (Å²) in [7, 11) is -7.84. The van der Waals surface area contributed by atoms with E-state index >= 15 is 0 Å². The first kappa shape index (κ1) is 21.2. The van der Waals surface area contributed by atoms with E-state index in [4.69, 9.17) is 4.18 Å². The van der Waals surface area contributed by atoms with Gasteiger partial charge in [0.05, 0.1) is 15.9 Å². The third-order valence-electron chi connectivity index (χ3n) is 4.16. The van der Waals surface area contributed by atoms with Gasteiger partial charge in [0.25, 0.3) is 10.1 Å². The summed E-state index contributed by atoms with van der Waals surface area (Å²) in [5.41, 5.74) is 0.833. The topological polar surface area (TPSA) is 89.5 Å². The van der Waals surface area contributed by atoms with Crippen LogP contribution in [0.4, 0.5) is 0 Å². The molecular weight excluding hydrogens is 410 g/mol. The van der Waals surface area contributed by atoms with E-state index in [1.807, 2.05) is 30.3 Å². The first-order valence-electron chi connectivity index (χ1n) is 8.94. The molecule has 0 fully saturated rings. The molecule has 29 heavy (non-hydrogen) atoms. The third kappa shape index (κ3) is 5.98. The van der Waals surface area contributed by atoms with E-state index in [0.29, 0.717) is 0 Å². The summed E-state index contributed by atoms with van der Waals surface area (Å²) in [5.74, 6) is 0. The smallest absolute Gasteiger partial charge is 0.261 e. The summed E-state index contributed by atoms with van der Waals surface area (Å²) >= 11 is 0. The monoisotopic (exact) mass is 431 g/mol. The Balaban J connectivity index is 1.80. The SMILES string of the molecule is O=S(=O)(NCC(Cc1ccccc1)OS(=O)(=O)c1ccccc1)c1ccccc1. The van der Waals surface area contributed by atoms with E-state index in [1.165, 1.54) is 24.3 Å². The first-order valence-corrected chi connectivity index (χ1v) is 11.8. The van der Waals surface area contributed by atoms with Crippen molar-refractivity contribution in [1.82, 2.24) is 4.72 Å². The molecule has 0 aliphatic carbocycles. The third-order valence-corrected chi connectivity index (χ3v) is 6.97. The van der Waals surface area contributed by atoms with E-state index in [-0.39, 0.29) is 22.8 Å². The van der Waals surface area contributed by atoms with Gasteiger partial charge < -0.3 is 0 Å². The predicted octanol–water partition coefficient (Wildman–Crippen LogP) is 2.98. The van der Waals surface area contributed by atoms with Crippen molar-refractivity contribution in [3.05, 3.63) is 96.6 Å². The minimum absolute atomic E-state index is 0.0176. The van der Waals surface area contributed by atoms with Gasteiger partial charge in [-0.3, -0.25) is 4.18 Å². The second kappa shape index (κ2) is 9.32. The van der Waals surface area contributed by atoms with Crippen LogP contribution in [0.25, 0.3) is 0 Å². The zero-order chi connectivity index (χ0) is 20.7. The zero-order valence-corrected chi connectivity index (χ0v) is 17.1. The minimum atomic E-state index is -4.05. The fourth-order valence-corrected chi connectivity index (χ4v) is 4.91. The van der Waals surface area contributed by atoms with E-state index in [0.717, 1.165) is 5.56 Å². The maximum Gasteiger partial charge on any atom is 0.297 e. The number of sulfonamides is 1. The summed E-state index contributed by atoms with van der Waals surface area (Å²) in [6, 6.07) is 24.8. The van der Waals surface area contributed by atoms with Gasteiger partial charge in [-0.15, -0.1) is 0 Å². The van der Waals surface area contributed by atoms with Crippen LogP contribution in [-0.4, -0.2) is 29.5 Å². The molecule has 1 N–H and O–H groups in total. The van der Waals surface area contributed by atoms with Gasteiger partial charge in [0.2, 0.25) is 10.0 Å². The molecule has 0 saturated heterocycles. The molecule has 0 bridgehead atoms. The van der Waals surface area contributed by atoms with Gasteiger partial charge in [-0.1, -0.05) is 66.7 Å². The van der Waals surface area contributed by atoms with Gasteiger partial charge in [-0.25, -0.2) is 13.1 Å². The van der Waals surface area contributed by atoms with Crippen LogP contribution in [0, 0.1) is 0 Å². The van der Waals surface area contributed by atoms with Crippen molar-refractivity contribution in [3.8, 4) is 0 Å². The summed E-state index contributed by atoms with van der Waals surface area (Å²) in [4.78, 5) is 0.119. The summed E-state index contributed by atoms with van der Waals surface area (Å²) < 4.78 is 58.1. The van der Waals surface area contributed by atoms with E-state index in [9.17, 15) is 16.8 Å². The molecule has 8 heteroatoms. The normalized spacial score (nSPS) is 13.1. The lowest BCUT2D eigenvalue weighted by atomic mass is 10.1. The van der Waals surface area contributed by atoms with Crippen molar-refractivity contribution in [3.63, 3.8) is 0 Å². The Bertz CT molecular complexity index is 1120. The lowest BCUT2D eigenvalue weighted by molar-refractivity contribution is 0.212. The number of hydrogen-bond acceptors (Lipinski definition) is 5. The van der Waals surface area contributed by atoms with E-state index < -0.39 is 26.2 Å². The summed E-state index contributed by atoms with van der Waals surface area (Å²) in [5, 5.41) is 0. The average molecular weight is 432 g/mol. The van der Waals surface area contributed by atoms with Crippen LogP contribution >= 0.6 is 0 Å². The largest absolute Gasteiger partial charge is 0.297 e. The fourth-order valence-electron chi connectivity index (χ4n) is 2.72. The molecule has 0 aliphatic heterocycles. The lowest BCUT2D eigenvalue weighted by Crippen LogP contribution is -2.36. The maximum atomic E-state index is 12.6. The van der Waals surface area contributed by atoms with Crippen LogP contribution in [0.3, 0.4) is 0 Å². The predicted molar refractivity (Wildman–Crippen MR) is 110 cm³/mol. The average Bonchev–Trinajstić information content (AvgIpc) is 2.74. The van der Waals surface area contributed by atoms with Crippen LogP contribution in [0.5, 0.6) is 0 Å². The second-order valence-electron chi connectivity index (χ2n) is 6.34. The van der Waals surface area contributed by atoms with Gasteiger partial charge in [0.15, 0.2) is 0 Å². The highest BCUT2D eigenvalue weighted by atomic mass is 32.2. The van der Waals surface area contributed by atoms with Crippen LogP contribution in [-0.2, 0) is 30.7 Å². The van der Waals surface area contributed by atoms with Crippen molar-refractivity contribution < 1.29 is 21.0 Å². The molecule has 0 spiro atoms. The van der Waals surface area contributed by atoms with Gasteiger partial charge in [-0.2, -0.15) is 8.42 Å². The first-order chi connectivity index (χ1) is 13.9. The van der Waals surface area contributed by atoms with Crippen LogP contribution in [0.1, 0.15) is 5.56 Å². The van der Waals surface area contributed by atoms with E-state index in [2.05, 4.69) is 4.72 Å². The molecule has 3 aromatic carbocycles. The number of benzene rings is 3. The summed E-state index contributed by atoms with van der Waals surface area (Å²) in [6.07, 6.45) is -0.689. The Hall–Kier alpha value is -2.52. The molecule has 0 radical (unpaired) electrons. The highest BCUT2D eigenvalue weighted by Crippen LogP contribution is 2.17. The van der Waals surface area contributed by atoms with Gasteiger partial charge in [0.1, 0.15) is 0 Å². The Kier molecular flexibility index (Phi) is 6.81. The van der Waals surface area contributed by atoms with Crippen LogP contribution < -0.4 is 4.72 Å². The highest BCUT2D eigenvalue weighted by molar-refractivity contribution is 7.89. The number of rotatable bonds is 9. The lowest BCUT2D eigenvalue weighted by Gasteiger charge is -2.18. The zero-order valence-electron chi connectivity index (χ0n) is 15.5. The molecule has 0 aromatic heterocycles. The van der Waals surface area contributed by atoms with Crippen molar-refractivity contribution in [2.24, 2.45) is 0 Å². The van der Waals surface area contributed by atoms with Crippen molar-refractivity contribution in [1.29, 1.82) is 0 Å². The Morgan fingerprint density at radius 1 is 0.690 bits per heavy atom. The Morgan fingerprint density at radius 3 is 1.72 bits per heavy atom. The number of nitrogens with one attached hydrogen (secondary N) is 1. The molecule has 1 unspecified atom stereocenters. The molecule has 0 aliphatic rings. The van der Waals surface area contributed by atoms with Crippen molar-refractivity contribution in [2.45, 2.75) is 22.3 Å². The van der Waals surface area contributed by atoms with Gasteiger partial charge in [-0.05, 0) is 29.8 Å². The molecule has 3 rings (SSSR count). The molecule has 0 saturated carbocycles. The molecule has 152 valence electrons. The highest BCUT2D eigenvalue weighted by Gasteiger charge is 2.24. The standard InChI is InChI=1S/C21H21NO5S2/c23-28(24,20-12-6-2-7-13-20)22-17-19(16-18-10-4-1-5-11-18)27-29(25,26)21-14-8-3-9-15-21/h1-15,19,22H,16-17H2.